The number of hydrogen-bond acceptors (Lipinski definition) is 9. The number of aryl methyl sites for hydroxylation is 1. The maximum absolute atomic E-state index is 14.9. The predicted octanol–water partition coefficient (Wildman–Crippen LogP) is 3.07. The van der Waals surface area contributed by atoms with Crippen LogP contribution in [0.1, 0.15) is 6.92 Å². The molecule has 4 aromatic rings. The second kappa shape index (κ2) is 10.4. The molecular weight excluding hydrogens is 489 g/mol. The summed E-state index contributed by atoms with van der Waals surface area (Å²) in [4.78, 5) is 40.8. The van der Waals surface area contributed by atoms with Crippen LogP contribution < -0.4 is 35.5 Å². The van der Waals surface area contributed by atoms with E-state index in [1.54, 1.807) is 25.1 Å². The van der Waals surface area contributed by atoms with Gasteiger partial charge in [-0.2, -0.15) is 0 Å². The Morgan fingerprint density at radius 2 is 1.76 bits per heavy atom. The lowest BCUT2D eigenvalue weighted by atomic mass is 10.2. The monoisotopic (exact) mass is 511 g/mol. The van der Waals surface area contributed by atoms with E-state index in [1.165, 1.54) is 39.6 Å². The number of benzene rings is 2. The molecule has 12 nitrogen and oxygen atoms in total. The van der Waals surface area contributed by atoms with Gasteiger partial charge in [0.1, 0.15) is 5.75 Å². The molecule has 4 rings (SSSR count). The molecule has 0 aliphatic carbocycles. The molecule has 0 spiro atoms. The fraction of sp³-hybridized carbons (Fsp3) is 0.208. The Hall–Kier alpha value is -4.94. The Morgan fingerprint density at radius 3 is 2.43 bits per heavy atom. The van der Waals surface area contributed by atoms with Crippen molar-refractivity contribution in [3.8, 4) is 28.9 Å². The van der Waals surface area contributed by atoms with Gasteiger partial charge in [0.2, 0.25) is 0 Å². The van der Waals surface area contributed by atoms with Gasteiger partial charge in [0.05, 0.1) is 19.7 Å². The van der Waals surface area contributed by atoms with Crippen LogP contribution >= 0.6 is 0 Å². The highest BCUT2D eigenvalue weighted by atomic mass is 19.1. The number of carbonyl (C=O) groups excluding carboxylic acids is 1. The topological polar surface area (TPSA) is 136 Å². The number of nitrogens with zero attached hydrogens (tertiary/aromatic N) is 4. The van der Waals surface area contributed by atoms with Crippen molar-refractivity contribution in [2.45, 2.75) is 13.5 Å². The minimum atomic E-state index is -1.10. The molecule has 37 heavy (non-hydrogen) atoms. The van der Waals surface area contributed by atoms with Gasteiger partial charge in [-0.15, -0.1) is 5.10 Å². The van der Waals surface area contributed by atoms with Crippen LogP contribution in [-0.4, -0.2) is 39.6 Å². The number of nitrogens with one attached hydrogen (secondary N) is 1. The van der Waals surface area contributed by atoms with Crippen LogP contribution in [0.4, 0.5) is 14.9 Å². The average Bonchev–Trinajstić information content (AvgIpc) is 2.88. The number of pyridine rings is 1. The number of amides is 1. The number of aromatic nitrogens is 4. The van der Waals surface area contributed by atoms with E-state index in [2.05, 4.69) is 15.4 Å². The third-order valence-corrected chi connectivity index (χ3v) is 5.29. The van der Waals surface area contributed by atoms with E-state index in [4.69, 9.17) is 18.9 Å². The highest BCUT2D eigenvalue weighted by Crippen LogP contribution is 2.37. The number of rotatable bonds is 7. The molecule has 0 unspecified atom stereocenters. The molecule has 1 amide bonds. The second-order valence-corrected chi connectivity index (χ2v) is 7.56. The molecule has 0 fully saturated rings. The summed E-state index contributed by atoms with van der Waals surface area (Å²) in [6.45, 7) is 1.65. The summed E-state index contributed by atoms with van der Waals surface area (Å²) in [5.74, 6) is -0.250. The summed E-state index contributed by atoms with van der Waals surface area (Å²) in [5.41, 5.74) is -0.945. The average molecular weight is 511 g/mol. The highest BCUT2D eigenvalue weighted by Gasteiger charge is 2.17. The number of fused-ring (bicyclic) bond motifs is 1. The van der Waals surface area contributed by atoms with Gasteiger partial charge in [-0.25, -0.2) is 18.7 Å². The molecule has 0 saturated carbocycles. The van der Waals surface area contributed by atoms with Crippen LogP contribution in [0.25, 0.3) is 10.9 Å². The standard InChI is InChI=1S/C24H22FN5O7/c1-5-30-22(31)21(28-29(2)24(30)33)37-23(32)27-13-6-7-18(15(25)10-13)36-17-8-9-26-16-12-20(35-4)19(34-3)11-14(16)17/h6-12H,5H2,1-4H3,(H,27,32). The molecule has 192 valence electrons. The van der Waals surface area contributed by atoms with E-state index in [0.717, 1.165) is 15.3 Å². The quantitative estimate of drug-likeness (QED) is 0.397. The van der Waals surface area contributed by atoms with Crippen LogP contribution in [0.15, 0.2) is 52.2 Å². The number of ether oxygens (including phenoxy) is 4. The zero-order chi connectivity index (χ0) is 26.7. The van der Waals surface area contributed by atoms with Crippen molar-refractivity contribution in [1.29, 1.82) is 0 Å². The molecule has 0 aliphatic rings. The lowest BCUT2D eigenvalue weighted by Crippen LogP contribution is -2.41. The lowest BCUT2D eigenvalue weighted by molar-refractivity contribution is 0.210. The molecule has 0 saturated heterocycles. The smallest absolute Gasteiger partial charge is 0.418 e. The molecule has 13 heteroatoms. The Morgan fingerprint density at radius 1 is 1.03 bits per heavy atom. The van der Waals surface area contributed by atoms with E-state index in [9.17, 15) is 18.8 Å². The highest BCUT2D eigenvalue weighted by molar-refractivity contribution is 5.88. The van der Waals surface area contributed by atoms with Crippen LogP contribution in [0, 0.1) is 5.82 Å². The maximum Gasteiger partial charge on any atom is 0.418 e. The number of halogens is 1. The summed E-state index contributed by atoms with van der Waals surface area (Å²) in [6.07, 6.45) is 0.410. The first-order valence-electron chi connectivity index (χ1n) is 10.9. The molecule has 2 aromatic carbocycles. The number of hydrogen-bond donors (Lipinski definition) is 1. The fourth-order valence-electron chi connectivity index (χ4n) is 3.49. The maximum atomic E-state index is 14.9. The van der Waals surface area contributed by atoms with Gasteiger partial charge in [-0.1, -0.05) is 0 Å². The lowest BCUT2D eigenvalue weighted by Gasteiger charge is -2.13. The first-order chi connectivity index (χ1) is 17.7. The first kappa shape index (κ1) is 25.2. The first-order valence-corrected chi connectivity index (χ1v) is 10.9. The minimum Gasteiger partial charge on any atom is -0.493 e. The van der Waals surface area contributed by atoms with Crippen molar-refractivity contribution < 1.29 is 28.1 Å². The number of carbonyl (C=O) groups is 1. The van der Waals surface area contributed by atoms with Crippen LogP contribution in [0.2, 0.25) is 0 Å². The van der Waals surface area contributed by atoms with Gasteiger partial charge in [-0.05, 0) is 31.2 Å². The van der Waals surface area contributed by atoms with E-state index in [-0.39, 0.29) is 18.0 Å². The minimum absolute atomic E-state index is 0.0291. The van der Waals surface area contributed by atoms with Crippen LogP contribution in [0.5, 0.6) is 28.9 Å². The normalized spacial score (nSPS) is 10.7. The zero-order valence-corrected chi connectivity index (χ0v) is 20.3. The van der Waals surface area contributed by atoms with Gasteiger partial charge < -0.3 is 18.9 Å². The fourth-order valence-corrected chi connectivity index (χ4v) is 3.49. The Kier molecular flexibility index (Phi) is 7.04. The molecule has 0 atom stereocenters. The Labute approximate surface area is 208 Å². The summed E-state index contributed by atoms with van der Waals surface area (Å²) in [6, 6.07) is 8.62. The number of methoxy groups -OCH3 is 2. The zero-order valence-electron chi connectivity index (χ0n) is 20.3. The molecule has 2 heterocycles. The van der Waals surface area contributed by atoms with E-state index < -0.39 is 29.0 Å². The van der Waals surface area contributed by atoms with Gasteiger partial charge in [-0.3, -0.25) is 19.7 Å². The van der Waals surface area contributed by atoms with Crippen molar-refractivity contribution in [2.24, 2.45) is 7.05 Å². The molecule has 1 N–H and O–H groups in total. The van der Waals surface area contributed by atoms with Crippen molar-refractivity contribution in [3.63, 3.8) is 0 Å². The van der Waals surface area contributed by atoms with Gasteiger partial charge in [0, 0.05) is 43.0 Å². The molecule has 0 bridgehead atoms. The molecule has 2 aromatic heterocycles. The second-order valence-electron chi connectivity index (χ2n) is 7.56. The van der Waals surface area contributed by atoms with Crippen molar-refractivity contribution in [2.75, 3.05) is 19.5 Å². The van der Waals surface area contributed by atoms with Gasteiger partial charge in [0.25, 0.3) is 0 Å². The van der Waals surface area contributed by atoms with Gasteiger partial charge in [0.15, 0.2) is 23.1 Å². The predicted molar refractivity (Wildman–Crippen MR) is 130 cm³/mol. The molecular formula is C24H22FN5O7. The van der Waals surface area contributed by atoms with E-state index in [0.29, 0.717) is 28.2 Å². The van der Waals surface area contributed by atoms with Crippen LogP contribution in [-0.2, 0) is 13.6 Å². The van der Waals surface area contributed by atoms with Crippen molar-refractivity contribution in [1.82, 2.24) is 19.3 Å². The summed E-state index contributed by atoms with van der Waals surface area (Å²) >= 11 is 0. The van der Waals surface area contributed by atoms with E-state index in [1.807, 2.05) is 0 Å². The SMILES string of the molecule is CCn1c(=O)c(OC(=O)Nc2ccc(Oc3ccnc4cc(OC)c(OC)cc34)c(F)c2)nn(C)c1=O. The van der Waals surface area contributed by atoms with Gasteiger partial charge >= 0.3 is 23.2 Å². The Bertz CT molecular complexity index is 1620. The summed E-state index contributed by atoms with van der Waals surface area (Å²) in [7, 11) is 4.31. The molecule has 0 radical (unpaired) electrons. The van der Waals surface area contributed by atoms with E-state index >= 15 is 0 Å². The largest absolute Gasteiger partial charge is 0.493 e. The van der Waals surface area contributed by atoms with Crippen molar-refractivity contribution in [3.05, 3.63) is 69.3 Å². The Balaban J connectivity index is 1.54. The third kappa shape index (κ3) is 5.05. The summed E-state index contributed by atoms with van der Waals surface area (Å²) < 4.78 is 37.9. The number of anilines is 1. The summed E-state index contributed by atoms with van der Waals surface area (Å²) in [5, 5.41) is 6.53. The third-order valence-electron chi connectivity index (χ3n) is 5.29. The van der Waals surface area contributed by atoms with Crippen LogP contribution in [0.3, 0.4) is 0 Å². The molecule has 0 aliphatic heterocycles. The van der Waals surface area contributed by atoms with Crippen molar-refractivity contribution >= 4 is 22.7 Å².